The van der Waals surface area contributed by atoms with Gasteiger partial charge in [0.1, 0.15) is 0 Å². The Hall–Kier alpha value is -1.65. The van der Waals surface area contributed by atoms with Crippen molar-refractivity contribution in [3.63, 3.8) is 0 Å². The highest BCUT2D eigenvalue weighted by atomic mass is 32.1. The van der Waals surface area contributed by atoms with Crippen molar-refractivity contribution < 1.29 is 0 Å². The second-order valence-electron chi connectivity index (χ2n) is 5.10. The molecule has 4 heteroatoms. The predicted octanol–water partition coefficient (Wildman–Crippen LogP) is 3.05. The van der Waals surface area contributed by atoms with Crippen LogP contribution in [0.5, 0.6) is 0 Å². The fourth-order valence-corrected chi connectivity index (χ4v) is 3.46. The molecule has 1 aromatic carbocycles. The van der Waals surface area contributed by atoms with E-state index >= 15 is 0 Å². The number of aromatic amines is 1. The zero-order valence-electron chi connectivity index (χ0n) is 10.5. The van der Waals surface area contributed by atoms with Crippen LogP contribution in [0.15, 0.2) is 35.8 Å². The zero-order valence-corrected chi connectivity index (χ0v) is 11.3. The van der Waals surface area contributed by atoms with E-state index in [-0.39, 0.29) is 0 Å². The molecule has 96 valence electrons. The number of rotatable bonds is 3. The molecule has 0 aliphatic carbocycles. The molecule has 0 amide bonds. The summed E-state index contributed by atoms with van der Waals surface area (Å²) in [6.07, 6.45) is 3.18. The van der Waals surface area contributed by atoms with E-state index in [9.17, 15) is 0 Å². The van der Waals surface area contributed by atoms with Gasteiger partial charge in [-0.2, -0.15) is 0 Å². The highest BCUT2D eigenvalue weighted by Gasteiger charge is 2.19. The number of hydrogen-bond acceptors (Lipinski definition) is 3. The monoisotopic (exact) mass is 269 g/mol. The molecule has 0 bridgehead atoms. The van der Waals surface area contributed by atoms with Crippen LogP contribution in [0.4, 0.5) is 0 Å². The number of hydrogen-bond donors (Lipinski definition) is 2. The number of aromatic nitrogens is 2. The van der Waals surface area contributed by atoms with Gasteiger partial charge in [-0.05, 0) is 25.1 Å². The van der Waals surface area contributed by atoms with Gasteiger partial charge in [-0.1, -0.05) is 18.2 Å². The molecule has 0 unspecified atom stereocenters. The number of fused-ring (bicyclic) bond motifs is 1. The maximum Gasteiger partial charge on any atom is 0.0936 e. The molecule has 3 aromatic rings. The van der Waals surface area contributed by atoms with Gasteiger partial charge in [0.05, 0.1) is 10.7 Å². The van der Waals surface area contributed by atoms with Crippen molar-refractivity contribution in [1.82, 2.24) is 15.3 Å². The summed E-state index contributed by atoms with van der Waals surface area (Å²) in [7, 11) is 0. The molecule has 1 fully saturated rings. The molecule has 0 spiro atoms. The first-order chi connectivity index (χ1) is 9.40. The average molecular weight is 269 g/mol. The van der Waals surface area contributed by atoms with Crippen molar-refractivity contribution in [3.05, 3.63) is 40.8 Å². The van der Waals surface area contributed by atoms with Gasteiger partial charge in [0, 0.05) is 34.5 Å². The number of H-pyrrole nitrogens is 1. The molecule has 4 rings (SSSR count). The van der Waals surface area contributed by atoms with Crippen molar-refractivity contribution in [2.45, 2.75) is 6.42 Å². The van der Waals surface area contributed by atoms with E-state index in [1.165, 1.54) is 21.5 Å². The summed E-state index contributed by atoms with van der Waals surface area (Å²) in [5, 5.41) is 8.00. The molecule has 3 heterocycles. The third-order valence-corrected chi connectivity index (χ3v) is 4.62. The number of para-hydroxylation sites is 1. The standard InChI is InChI=1S/C15H15N3S/c1-2-4-13-11(3-1)12(8-17-13)14-9-19-15(18-14)5-10-6-16-7-10/h1-4,8-10,16-17H,5-7H2. The Labute approximate surface area is 115 Å². The summed E-state index contributed by atoms with van der Waals surface area (Å²) in [5.74, 6) is 0.780. The lowest BCUT2D eigenvalue weighted by Gasteiger charge is -2.25. The highest BCUT2D eigenvalue weighted by molar-refractivity contribution is 7.10. The van der Waals surface area contributed by atoms with Gasteiger partial charge in [-0.15, -0.1) is 11.3 Å². The molecule has 3 nitrogen and oxygen atoms in total. The van der Waals surface area contributed by atoms with E-state index in [0.29, 0.717) is 0 Å². The summed E-state index contributed by atoms with van der Waals surface area (Å²) >= 11 is 1.78. The van der Waals surface area contributed by atoms with Crippen molar-refractivity contribution in [2.24, 2.45) is 5.92 Å². The molecule has 19 heavy (non-hydrogen) atoms. The number of nitrogens with zero attached hydrogens (tertiary/aromatic N) is 1. The fraction of sp³-hybridized carbons (Fsp3) is 0.267. The maximum atomic E-state index is 4.80. The van der Waals surface area contributed by atoms with Crippen molar-refractivity contribution in [2.75, 3.05) is 13.1 Å². The Balaban J connectivity index is 1.67. The van der Waals surface area contributed by atoms with Gasteiger partial charge < -0.3 is 10.3 Å². The number of nitrogens with one attached hydrogen (secondary N) is 2. The first-order valence-corrected chi connectivity index (χ1v) is 7.50. The largest absolute Gasteiger partial charge is 0.360 e. The summed E-state index contributed by atoms with van der Waals surface area (Å²) < 4.78 is 0. The van der Waals surface area contributed by atoms with Gasteiger partial charge in [0.25, 0.3) is 0 Å². The average Bonchev–Trinajstić information content (AvgIpc) is 3.00. The van der Waals surface area contributed by atoms with Gasteiger partial charge >= 0.3 is 0 Å². The quantitative estimate of drug-likeness (QED) is 0.767. The van der Waals surface area contributed by atoms with Crippen LogP contribution < -0.4 is 5.32 Å². The summed E-state index contributed by atoms with van der Waals surface area (Å²) in [5.41, 5.74) is 3.49. The Bertz CT molecular complexity index is 709. The highest BCUT2D eigenvalue weighted by Crippen LogP contribution is 2.30. The van der Waals surface area contributed by atoms with E-state index in [0.717, 1.165) is 31.1 Å². The van der Waals surface area contributed by atoms with Crippen molar-refractivity contribution in [3.8, 4) is 11.3 Å². The first-order valence-electron chi connectivity index (χ1n) is 6.62. The van der Waals surface area contributed by atoms with Crippen LogP contribution in [0.1, 0.15) is 5.01 Å². The lowest BCUT2D eigenvalue weighted by Crippen LogP contribution is -2.43. The third kappa shape index (κ3) is 1.97. The maximum absolute atomic E-state index is 4.80. The van der Waals surface area contributed by atoms with E-state index in [2.05, 4.69) is 46.1 Å². The van der Waals surface area contributed by atoms with E-state index in [1.807, 2.05) is 0 Å². The molecule has 2 aromatic heterocycles. The minimum Gasteiger partial charge on any atom is -0.360 e. The first kappa shape index (κ1) is 11.2. The Kier molecular flexibility index (Phi) is 2.64. The molecule has 0 radical (unpaired) electrons. The molecule has 0 atom stereocenters. The molecule has 0 saturated carbocycles. The second-order valence-corrected chi connectivity index (χ2v) is 6.05. The fourth-order valence-electron chi connectivity index (χ4n) is 2.55. The Morgan fingerprint density at radius 2 is 2.16 bits per heavy atom. The van der Waals surface area contributed by atoms with Gasteiger partial charge in [-0.25, -0.2) is 4.98 Å². The molecule has 1 aliphatic rings. The van der Waals surface area contributed by atoms with Crippen LogP contribution in [0, 0.1) is 5.92 Å². The molecule has 1 aliphatic heterocycles. The van der Waals surface area contributed by atoms with Crippen molar-refractivity contribution in [1.29, 1.82) is 0 Å². The lowest BCUT2D eigenvalue weighted by molar-refractivity contribution is 0.346. The van der Waals surface area contributed by atoms with Gasteiger partial charge in [-0.3, -0.25) is 0 Å². The van der Waals surface area contributed by atoms with Crippen LogP contribution in [0.25, 0.3) is 22.2 Å². The lowest BCUT2D eigenvalue weighted by atomic mass is 10.0. The summed E-state index contributed by atoms with van der Waals surface area (Å²) in [6.45, 7) is 2.28. The Morgan fingerprint density at radius 3 is 3.00 bits per heavy atom. The molecular formula is C15H15N3S. The van der Waals surface area contributed by atoms with Crippen LogP contribution in [-0.2, 0) is 6.42 Å². The predicted molar refractivity (Wildman–Crippen MR) is 79.5 cm³/mol. The Morgan fingerprint density at radius 1 is 1.26 bits per heavy atom. The molecular weight excluding hydrogens is 254 g/mol. The SMILES string of the molecule is c1ccc2c(-c3csc(CC4CNC4)n3)c[nH]c2c1. The normalized spacial score (nSPS) is 15.8. The van der Waals surface area contributed by atoms with Crippen LogP contribution >= 0.6 is 11.3 Å². The molecule has 1 saturated heterocycles. The second kappa shape index (κ2) is 4.47. The molecule has 2 N–H and O–H groups in total. The minimum atomic E-state index is 0.780. The smallest absolute Gasteiger partial charge is 0.0936 e. The topological polar surface area (TPSA) is 40.7 Å². The van der Waals surface area contributed by atoms with Gasteiger partial charge in [0.15, 0.2) is 0 Å². The van der Waals surface area contributed by atoms with E-state index < -0.39 is 0 Å². The number of thiazole rings is 1. The van der Waals surface area contributed by atoms with Crippen molar-refractivity contribution >= 4 is 22.2 Å². The van der Waals surface area contributed by atoms with E-state index in [4.69, 9.17) is 4.98 Å². The third-order valence-electron chi connectivity index (χ3n) is 3.75. The number of benzene rings is 1. The summed E-state index contributed by atoms with van der Waals surface area (Å²) in [4.78, 5) is 8.11. The van der Waals surface area contributed by atoms with Crippen LogP contribution in [0.2, 0.25) is 0 Å². The van der Waals surface area contributed by atoms with E-state index in [1.54, 1.807) is 11.3 Å². The minimum absolute atomic E-state index is 0.780. The summed E-state index contributed by atoms with van der Waals surface area (Å²) in [6, 6.07) is 8.38. The van der Waals surface area contributed by atoms with Crippen LogP contribution in [-0.4, -0.2) is 23.1 Å². The zero-order chi connectivity index (χ0) is 12.7. The van der Waals surface area contributed by atoms with Gasteiger partial charge in [0.2, 0.25) is 0 Å². The van der Waals surface area contributed by atoms with Crippen LogP contribution in [0.3, 0.4) is 0 Å².